The Balaban J connectivity index is 1.59. The number of hydrogen-bond acceptors (Lipinski definition) is 7. The summed E-state index contributed by atoms with van der Waals surface area (Å²) in [5.41, 5.74) is 8.49. The van der Waals surface area contributed by atoms with Crippen molar-refractivity contribution in [1.29, 1.82) is 0 Å². The van der Waals surface area contributed by atoms with Gasteiger partial charge in [0.25, 0.3) is 5.91 Å². The van der Waals surface area contributed by atoms with Crippen LogP contribution in [0.2, 0.25) is 10.0 Å². The number of nitrogen functional groups attached to an aromatic ring is 1. The van der Waals surface area contributed by atoms with Crippen LogP contribution >= 0.6 is 23.2 Å². The number of aromatic nitrogens is 4. The van der Waals surface area contributed by atoms with Crippen LogP contribution in [0.5, 0.6) is 11.5 Å². The van der Waals surface area contributed by atoms with E-state index in [0.29, 0.717) is 44.1 Å². The number of anilines is 2. The van der Waals surface area contributed by atoms with Gasteiger partial charge < -0.3 is 20.5 Å². The molecule has 0 unspecified atom stereocenters. The quantitative estimate of drug-likeness (QED) is 0.395. The summed E-state index contributed by atoms with van der Waals surface area (Å²) < 4.78 is 11.9. The molecule has 2 heterocycles. The van der Waals surface area contributed by atoms with E-state index in [1.54, 1.807) is 49.5 Å². The molecule has 0 spiro atoms. The number of halogens is 2. The Hall–Kier alpha value is -3.82. The van der Waals surface area contributed by atoms with E-state index in [-0.39, 0.29) is 17.3 Å². The van der Waals surface area contributed by atoms with E-state index in [2.05, 4.69) is 20.4 Å². The molecule has 11 heteroatoms. The first-order valence-corrected chi connectivity index (χ1v) is 10.7. The largest absolute Gasteiger partial charge is 0.495 e. The summed E-state index contributed by atoms with van der Waals surface area (Å²) >= 11 is 12.8. The normalized spacial score (nSPS) is 10.7. The first-order chi connectivity index (χ1) is 16.3. The van der Waals surface area contributed by atoms with Crippen LogP contribution in [0.3, 0.4) is 0 Å². The van der Waals surface area contributed by atoms with Crippen LogP contribution in [0.15, 0.2) is 48.7 Å². The predicted octanol–water partition coefficient (Wildman–Crippen LogP) is 4.70. The number of nitrogens with one attached hydrogen (secondary N) is 1. The van der Waals surface area contributed by atoms with Crippen molar-refractivity contribution in [3.05, 3.63) is 64.4 Å². The van der Waals surface area contributed by atoms with E-state index < -0.39 is 5.91 Å². The molecule has 0 aliphatic rings. The minimum absolute atomic E-state index is 0.0989. The molecule has 2 aromatic carbocycles. The highest BCUT2D eigenvalue weighted by Gasteiger charge is 2.19. The fourth-order valence-corrected chi connectivity index (χ4v) is 3.97. The number of methoxy groups -OCH3 is 2. The molecule has 34 heavy (non-hydrogen) atoms. The third-order valence-electron chi connectivity index (χ3n) is 5.05. The number of nitrogens with zero attached hydrogens (tertiary/aromatic N) is 4. The highest BCUT2D eigenvalue weighted by molar-refractivity contribution is 6.35. The van der Waals surface area contributed by atoms with Gasteiger partial charge in [0.1, 0.15) is 22.9 Å². The number of aryl methyl sites for hydroxylation is 1. The summed E-state index contributed by atoms with van der Waals surface area (Å²) in [7, 11) is 4.70. The molecule has 9 nitrogen and oxygen atoms in total. The molecule has 2 aromatic heterocycles. The smallest absolute Gasteiger partial charge is 0.275 e. The van der Waals surface area contributed by atoms with Crippen LogP contribution in [0.1, 0.15) is 10.5 Å². The predicted molar refractivity (Wildman–Crippen MR) is 132 cm³/mol. The second kappa shape index (κ2) is 9.58. The number of rotatable bonds is 6. The molecule has 0 saturated heterocycles. The molecule has 0 radical (unpaired) electrons. The second-order valence-electron chi connectivity index (χ2n) is 7.13. The number of amides is 1. The van der Waals surface area contributed by atoms with E-state index >= 15 is 0 Å². The first kappa shape index (κ1) is 23.3. The molecular weight excluding hydrogens is 479 g/mol. The SMILES string of the molecule is COc1cccc(-c2cc(C(=O)Nc3cnc(-c4cccc(OC)c4Cl)c(N)n3)n(C)n2)c1Cl. The Kier molecular flexibility index (Phi) is 6.58. The van der Waals surface area contributed by atoms with Gasteiger partial charge in [-0.3, -0.25) is 9.48 Å². The maximum absolute atomic E-state index is 12.9. The highest BCUT2D eigenvalue weighted by atomic mass is 35.5. The molecule has 0 saturated carbocycles. The minimum Gasteiger partial charge on any atom is -0.495 e. The summed E-state index contributed by atoms with van der Waals surface area (Å²) in [6.45, 7) is 0. The second-order valence-corrected chi connectivity index (χ2v) is 7.88. The van der Waals surface area contributed by atoms with Crippen molar-refractivity contribution in [1.82, 2.24) is 19.7 Å². The molecule has 0 aliphatic heterocycles. The summed E-state index contributed by atoms with van der Waals surface area (Å²) in [6, 6.07) is 12.2. The van der Waals surface area contributed by atoms with Gasteiger partial charge >= 0.3 is 0 Å². The van der Waals surface area contributed by atoms with Crippen molar-refractivity contribution in [2.24, 2.45) is 7.05 Å². The number of carbonyl (C=O) groups is 1. The number of benzene rings is 2. The van der Waals surface area contributed by atoms with Gasteiger partial charge in [0.2, 0.25) is 0 Å². The Bertz CT molecular complexity index is 1390. The van der Waals surface area contributed by atoms with Gasteiger partial charge in [0.15, 0.2) is 11.6 Å². The monoisotopic (exact) mass is 498 g/mol. The van der Waals surface area contributed by atoms with Crippen LogP contribution in [0, 0.1) is 0 Å². The topological polar surface area (TPSA) is 117 Å². The summed E-state index contributed by atoms with van der Waals surface area (Å²) in [5.74, 6) is 0.828. The maximum atomic E-state index is 12.9. The van der Waals surface area contributed by atoms with Gasteiger partial charge in [-0.1, -0.05) is 47.5 Å². The Morgan fingerprint density at radius 2 is 1.65 bits per heavy atom. The van der Waals surface area contributed by atoms with E-state index in [1.807, 2.05) is 0 Å². The highest BCUT2D eigenvalue weighted by Crippen LogP contribution is 2.37. The number of ether oxygens (including phenoxy) is 2. The summed E-state index contributed by atoms with van der Waals surface area (Å²) in [4.78, 5) is 21.5. The zero-order valence-corrected chi connectivity index (χ0v) is 20.0. The molecule has 3 N–H and O–H groups in total. The lowest BCUT2D eigenvalue weighted by atomic mass is 10.1. The van der Waals surface area contributed by atoms with Gasteiger partial charge in [-0.05, 0) is 18.2 Å². The Morgan fingerprint density at radius 1 is 1.03 bits per heavy atom. The lowest BCUT2D eigenvalue weighted by Crippen LogP contribution is -2.17. The average Bonchev–Trinajstić information content (AvgIpc) is 3.21. The Morgan fingerprint density at radius 3 is 2.26 bits per heavy atom. The molecule has 0 bridgehead atoms. The van der Waals surface area contributed by atoms with Crippen LogP contribution in [0.25, 0.3) is 22.5 Å². The van der Waals surface area contributed by atoms with Gasteiger partial charge in [0, 0.05) is 18.2 Å². The van der Waals surface area contributed by atoms with Crippen molar-refractivity contribution in [3.8, 4) is 34.0 Å². The number of nitrogens with two attached hydrogens (primary N) is 1. The van der Waals surface area contributed by atoms with Crippen molar-refractivity contribution < 1.29 is 14.3 Å². The van der Waals surface area contributed by atoms with E-state index in [9.17, 15) is 4.79 Å². The standard InChI is InChI=1S/C23H20Cl2N6O3/c1-31-15(10-14(30-31)12-6-4-8-16(33-2)19(12)24)23(32)29-18-11-27-21(22(26)28-18)13-7-5-9-17(34-3)20(13)25/h4-11H,1-3H3,(H3,26,28,29,32). The minimum atomic E-state index is -0.443. The fourth-order valence-electron chi connectivity index (χ4n) is 3.38. The molecule has 174 valence electrons. The molecule has 0 atom stereocenters. The van der Waals surface area contributed by atoms with Gasteiger partial charge in [-0.15, -0.1) is 0 Å². The third-order valence-corrected chi connectivity index (χ3v) is 5.83. The average molecular weight is 499 g/mol. The van der Waals surface area contributed by atoms with E-state index in [1.165, 1.54) is 25.1 Å². The van der Waals surface area contributed by atoms with Crippen molar-refractivity contribution >= 4 is 40.7 Å². The van der Waals surface area contributed by atoms with Crippen LogP contribution in [-0.2, 0) is 7.05 Å². The molecule has 1 amide bonds. The number of hydrogen-bond donors (Lipinski definition) is 2. The van der Waals surface area contributed by atoms with Crippen molar-refractivity contribution in [2.75, 3.05) is 25.3 Å². The lowest BCUT2D eigenvalue weighted by Gasteiger charge is -2.11. The third kappa shape index (κ3) is 4.35. The molecule has 4 rings (SSSR count). The van der Waals surface area contributed by atoms with Crippen LogP contribution in [-0.4, -0.2) is 39.9 Å². The van der Waals surface area contributed by atoms with Crippen molar-refractivity contribution in [3.63, 3.8) is 0 Å². The van der Waals surface area contributed by atoms with Gasteiger partial charge in [-0.2, -0.15) is 5.10 Å². The summed E-state index contributed by atoms with van der Waals surface area (Å²) in [5, 5.41) is 7.86. The van der Waals surface area contributed by atoms with Crippen LogP contribution < -0.4 is 20.5 Å². The summed E-state index contributed by atoms with van der Waals surface area (Å²) in [6.07, 6.45) is 1.40. The van der Waals surface area contributed by atoms with Gasteiger partial charge in [0.05, 0.1) is 36.2 Å². The molecule has 0 fully saturated rings. The zero-order chi connectivity index (χ0) is 24.4. The molecule has 0 aliphatic carbocycles. The Labute approximate surface area is 205 Å². The lowest BCUT2D eigenvalue weighted by molar-refractivity contribution is 0.101. The van der Waals surface area contributed by atoms with E-state index in [0.717, 1.165) is 0 Å². The molecule has 4 aromatic rings. The maximum Gasteiger partial charge on any atom is 0.275 e. The van der Waals surface area contributed by atoms with E-state index in [4.69, 9.17) is 38.4 Å². The molecular formula is C23H20Cl2N6O3. The van der Waals surface area contributed by atoms with Crippen LogP contribution in [0.4, 0.5) is 11.6 Å². The van der Waals surface area contributed by atoms with Gasteiger partial charge in [-0.25, -0.2) is 9.97 Å². The number of carbonyl (C=O) groups excluding carboxylic acids is 1. The zero-order valence-electron chi connectivity index (χ0n) is 18.5. The van der Waals surface area contributed by atoms with Crippen molar-refractivity contribution in [2.45, 2.75) is 0 Å². The first-order valence-electron chi connectivity index (χ1n) is 9.97. The fraction of sp³-hybridized carbons (Fsp3) is 0.130.